The molecule has 0 saturated carbocycles. The van der Waals surface area contributed by atoms with Gasteiger partial charge in [-0.1, -0.05) is 177 Å². The predicted octanol–water partition coefficient (Wildman–Crippen LogP) is 15.7. The van der Waals surface area contributed by atoms with Gasteiger partial charge in [-0.05, 0) is 141 Å². The smallest absolute Gasteiger partial charge is 0.198 e. The number of para-hydroxylation sites is 3. The Morgan fingerprint density at radius 3 is 1.69 bits per heavy atom. The fraction of sp³-hybridized carbons (Fsp3) is 0.0625. The lowest BCUT2D eigenvalue weighted by atomic mass is 9.57. The number of nitrogens with zero attached hydrogens (tertiary/aromatic N) is 2. The van der Waals surface area contributed by atoms with Crippen molar-refractivity contribution in [2.24, 2.45) is 0 Å². The Kier molecular flexibility index (Phi) is 10.2. The van der Waals surface area contributed by atoms with Crippen molar-refractivity contribution in [2.75, 3.05) is 15.1 Å². The van der Waals surface area contributed by atoms with Gasteiger partial charge >= 0.3 is 0 Å². The Hall–Kier alpha value is -8.34. The van der Waals surface area contributed by atoms with Gasteiger partial charge in [0.25, 0.3) is 0 Å². The largest absolute Gasteiger partial charge is 0.355 e. The highest BCUT2D eigenvalue weighted by molar-refractivity contribution is 6.73. The molecule has 10 aromatic carbocycles. The van der Waals surface area contributed by atoms with E-state index in [1.165, 1.54) is 89.2 Å². The molecule has 10 aromatic rings. The predicted molar refractivity (Wildman–Crippen MR) is 291 cm³/mol. The quantitative estimate of drug-likeness (QED) is 0.146. The van der Waals surface area contributed by atoms with Gasteiger partial charge in [0, 0.05) is 62.0 Å². The second kappa shape index (κ2) is 16.8. The zero-order valence-electron chi connectivity index (χ0n) is 38.6. The molecule has 0 saturated heterocycles. The Morgan fingerprint density at radius 1 is 0.441 bits per heavy atom. The molecule has 1 aliphatic heterocycles. The average Bonchev–Trinajstić information content (AvgIpc) is 3.62. The van der Waals surface area contributed by atoms with E-state index in [-0.39, 0.29) is 5.41 Å². The van der Waals surface area contributed by atoms with Crippen LogP contribution < -0.4 is 26.0 Å². The zero-order valence-corrected chi connectivity index (χ0v) is 38.6. The van der Waals surface area contributed by atoms with Gasteiger partial charge in [-0.15, -0.1) is 0 Å². The molecule has 0 spiro atoms. The van der Waals surface area contributed by atoms with Crippen molar-refractivity contribution in [3.8, 4) is 44.5 Å². The van der Waals surface area contributed by atoms with Crippen LogP contribution in [0.2, 0.25) is 0 Å². The summed E-state index contributed by atoms with van der Waals surface area (Å²) in [6.45, 7) is 7.09. The number of nitrogens with one attached hydrogen (secondary N) is 1. The molecule has 1 aliphatic carbocycles. The van der Waals surface area contributed by atoms with Gasteiger partial charge in [0.15, 0.2) is 7.28 Å². The summed E-state index contributed by atoms with van der Waals surface area (Å²) in [6, 6.07) is 86.3. The summed E-state index contributed by atoms with van der Waals surface area (Å²) in [6.07, 6.45) is 0. The van der Waals surface area contributed by atoms with Crippen LogP contribution in [-0.2, 0) is 5.41 Å². The lowest BCUT2D eigenvalue weighted by Crippen LogP contribution is -2.42. The SMILES string of the molecule is Cc1cc(-c2ccccc2)ccc1N1c2ccc(N(c3ccccc3)c3ccccc3)cc2Bc2c(-c3ccccc3Nc3cccc(-c4ccccc4)c3)cc3c(c21)-c1ccccc1C3(C)C. The number of benzene rings is 10. The fourth-order valence-electron chi connectivity index (χ4n) is 10.9. The van der Waals surface area contributed by atoms with E-state index in [1.54, 1.807) is 0 Å². The number of hydrogen-bond donors (Lipinski definition) is 1. The van der Waals surface area contributed by atoms with Crippen LogP contribution in [0.1, 0.15) is 30.5 Å². The van der Waals surface area contributed by atoms with E-state index in [4.69, 9.17) is 0 Å². The molecule has 324 valence electrons. The highest BCUT2D eigenvalue weighted by atomic mass is 15.2. The van der Waals surface area contributed by atoms with E-state index >= 15 is 0 Å². The molecule has 0 unspecified atom stereocenters. The molecule has 68 heavy (non-hydrogen) atoms. The Bertz CT molecular complexity index is 3450. The van der Waals surface area contributed by atoms with Crippen LogP contribution in [0, 0.1) is 6.92 Å². The minimum absolute atomic E-state index is 0.240. The van der Waals surface area contributed by atoms with Crippen LogP contribution >= 0.6 is 0 Å². The minimum atomic E-state index is -0.240. The maximum absolute atomic E-state index is 3.93. The molecule has 0 fully saturated rings. The summed E-state index contributed by atoms with van der Waals surface area (Å²) in [5, 5.41) is 3.93. The van der Waals surface area contributed by atoms with E-state index in [1.807, 2.05) is 0 Å². The number of aryl methyl sites for hydroxylation is 1. The third-order valence-electron chi connectivity index (χ3n) is 14.1. The third-order valence-corrected chi connectivity index (χ3v) is 14.1. The molecule has 0 radical (unpaired) electrons. The summed E-state index contributed by atoms with van der Waals surface area (Å²) in [4.78, 5) is 4.99. The molecule has 0 aromatic heterocycles. The van der Waals surface area contributed by atoms with E-state index in [9.17, 15) is 0 Å². The van der Waals surface area contributed by atoms with Crippen molar-refractivity contribution in [1.82, 2.24) is 0 Å². The first kappa shape index (κ1) is 41.1. The molecule has 0 atom stereocenters. The van der Waals surface area contributed by atoms with Gasteiger partial charge in [-0.3, -0.25) is 0 Å². The summed E-state index contributed by atoms with van der Waals surface area (Å²) in [5.41, 5.74) is 25.2. The molecule has 0 bridgehead atoms. The van der Waals surface area contributed by atoms with Gasteiger partial charge in [-0.25, -0.2) is 0 Å². The summed E-state index contributed by atoms with van der Waals surface area (Å²) < 4.78 is 0. The van der Waals surface area contributed by atoms with Gasteiger partial charge in [0.1, 0.15) is 0 Å². The van der Waals surface area contributed by atoms with Crippen molar-refractivity contribution in [2.45, 2.75) is 26.2 Å². The summed E-state index contributed by atoms with van der Waals surface area (Å²) in [7, 11) is 0.747. The molecule has 4 heteroatoms. The lowest BCUT2D eigenvalue weighted by molar-refractivity contribution is 0.661. The molecule has 1 N–H and O–H groups in total. The minimum Gasteiger partial charge on any atom is -0.355 e. The number of rotatable bonds is 9. The standard InChI is InChI=1S/C64H50BN3/c1-43-39-47(45-23-10-5-11-24-45)35-37-59(43)68-60-38-36-51(67(49-27-12-6-13-28-49)50-29-14-7-15-30-50)41-57(60)65-62-54(42-56-61(63(62)68)53-32-16-18-33-55(53)64(56,2)3)52-31-17-19-34-58(52)66-48-26-20-25-46(40-48)44-21-8-4-9-22-44/h4-42,65-66H,1-3H3. The topological polar surface area (TPSA) is 18.5 Å². The van der Waals surface area contributed by atoms with E-state index in [0.717, 1.165) is 35.7 Å². The number of anilines is 8. The van der Waals surface area contributed by atoms with E-state index in [0.29, 0.717) is 0 Å². The number of hydrogen-bond acceptors (Lipinski definition) is 3. The third kappa shape index (κ3) is 7.08. The lowest BCUT2D eigenvalue weighted by Gasteiger charge is -2.39. The molecule has 12 rings (SSSR count). The summed E-state index contributed by atoms with van der Waals surface area (Å²) in [5.74, 6) is 0. The number of fused-ring (bicyclic) bond motifs is 6. The second-order valence-corrected chi connectivity index (χ2v) is 18.7. The van der Waals surface area contributed by atoms with Crippen LogP contribution in [0.5, 0.6) is 0 Å². The van der Waals surface area contributed by atoms with Gasteiger partial charge < -0.3 is 15.1 Å². The maximum Gasteiger partial charge on any atom is 0.198 e. The van der Waals surface area contributed by atoms with Crippen LogP contribution in [0.4, 0.5) is 45.5 Å². The highest BCUT2D eigenvalue weighted by Crippen LogP contribution is 2.56. The molecule has 0 amide bonds. The normalized spacial score (nSPS) is 12.8. The van der Waals surface area contributed by atoms with Crippen LogP contribution in [0.25, 0.3) is 44.5 Å². The Labute approximate surface area is 400 Å². The molecule has 1 heterocycles. The van der Waals surface area contributed by atoms with Crippen molar-refractivity contribution in [1.29, 1.82) is 0 Å². The first-order valence-corrected chi connectivity index (χ1v) is 23.7. The molecular weight excluding hydrogens is 822 g/mol. The van der Waals surface area contributed by atoms with E-state index < -0.39 is 0 Å². The first-order chi connectivity index (χ1) is 33.4. The van der Waals surface area contributed by atoms with Gasteiger partial charge in [-0.2, -0.15) is 0 Å². The van der Waals surface area contributed by atoms with Crippen molar-refractivity contribution in [3.63, 3.8) is 0 Å². The summed E-state index contributed by atoms with van der Waals surface area (Å²) >= 11 is 0. The van der Waals surface area contributed by atoms with Crippen molar-refractivity contribution >= 4 is 63.7 Å². The molecule has 3 nitrogen and oxygen atoms in total. The zero-order chi connectivity index (χ0) is 45.8. The van der Waals surface area contributed by atoms with Crippen LogP contribution in [0.15, 0.2) is 237 Å². The molecular formula is C64H50BN3. The Balaban J connectivity index is 1.11. The first-order valence-electron chi connectivity index (χ1n) is 23.7. The highest BCUT2D eigenvalue weighted by Gasteiger charge is 2.42. The van der Waals surface area contributed by atoms with Gasteiger partial charge in [0.05, 0.1) is 0 Å². The fourth-order valence-corrected chi connectivity index (χ4v) is 10.9. The van der Waals surface area contributed by atoms with Crippen LogP contribution in [-0.4, -0.2) is 7.28 Å². The molecule has 2 aliphatic rings. The van der Waals surface area contributed by atoms with Crippen LogP contribution in [0.3, 0.4) is 0 Å². The average molecular weight is 872 g/mol. The monoisotopic (exact) mass is 871 g/mol. The maximum atomic E-state index is 3.93. The Morgan fingerprint density at radius 2 is 1.01 bits per heavy atom. The van der Waals surface area contributed by atoms with Gasteiger partial charge in [0.2, 0.25) is 0 Å². The second-order valence-electron chi connectivity index (χ2n) is 18.7. The van der Waals surface area contributed by atoms with Crippen molar-refractivity contribution in [3.05, 3.63) is 253 Å². The van der Waals surface area contributed by atoms with E-state index in [2.05, 4.69) is 272 Å². The van der Waals surface area contributed by atoms with Crippen molar-refractivity contribution < 1.29 is 0 Å².